The third-order valence-corrected chi connectivity index (χ3v) is 5.35. The second-order valence-corrected chi connectivity index (χ2v) is 6.91. The number of nitrogens with zero attached hydrogens (tertiary/aromatic N) is 4. The number of aromatic nitrogens is 2. The zero-order valence-electron chi connectivity index (χ0n) is 15.7. The summed E-state index contributed by atoms with van der Waals surface area (Å²) in [6, 6.07) is 10.7. The molecular formula is C20H28N4O. The van der Waals surface area contributed by atoms with Crippen LogP contribution in [-0.4, -0.2) is 52.2 Å². The maximum Gasteiger partial charge on any atom is 0.244 e. The number of carbonyl (C=O) groups excluding carboxylic acids is 1. The van der Waals surface area contributed by atoms with Crippen molar-refractivity contribution in [2.45, 2.75) is 39.8 Å². The Morgan fingerprint density at radius 3 is 2.56 bits per heavy atom. The van der Waals surface area contributed by atoms with Crippen LogP contribution in [0.5, 0.6) is 0 Å². The van der Waals surface area contributed by atoms with Crippen LogP contribution in [0.2, 0.25) is 0 Å². The van der Waals surface area contributed by atoms with Gasteiger partial charge in [-0.2, -0.15) is 5.10 Å². The minimum absolute atomic E-state index is 0.155. The summed E-state index contributed by atoms with van der Waals surface area (Å²) in [5.74, 6) is 0.155. The number of hydrogen-bond donors (Lipinski definition) is 0. The van der Waals surface area contributed by atoms with Crippen molar-refractivity contribution in [3.63, 3.8) is 0 Å². The molecule has 1 fully saturated rings. The molecule has 5 nitrogen and oxygen atoms in total. The molecule has 0 aliphatic carbocycles. The Morgan fingerprint density at radius 1 is 1.20 bits per heavy atom. The van der Waals surface area contributed by atoms with Crippen LogP contribution in [0.3, 0.4) is 0 Å². The molecule has 0 spiro atoms. The van der Waals surface area contributed by atoms with Gasteiger partial charge in [0.05, 0.1) is 11.7 Å². The average Bonchev–Trinajstić information content (AvgIpc) is 2.89. The van der Waals surface area contributed by atoms with Gasteiger partial charge in [0.25, 0.3) is 0 Å². The fraction of sp³-hybridized carbons (Fsp3) is 0.500. The summed E-state index contributed by atoms with van der Waals surface area (Å²) in [4.78, 5) is 17.2. The van der Waals surface area contributed by atoms with Crippen LogP contribution in [0.1, 0.15) is 35.5 Å². The number of amides is 1. The Balaban J connectivity index is 1.72. The average molecular weight is 340 g/mol. The molecule has 0 N–H and O–H groups in total. The van der Waals surface area contributed by atoms with Crippen LogP contribution in [0.15, 0.2) is 30.3 Å². The standard InChI is InChI=1S/C20H28N4O/c1-5-18-15(2)21-24(16(18)3)14-20(25)23-12-11-22(4)19(13-23)17-9-7-6-8-10-17/h6-10,19H,5,11-14H2,1-4H3/t19-/m0/s1. The quantitative estimate of drug-likeness (QED) is 0.859. The van der Waals surface area contributed by atoms with Crippen LogP contribution in [-0.2, 0) is 17.8 Å². The first-order chi connectivity index (χ1) is 12.0. The van der Waals surface area contributed by atoms with Crippen molar-refractivity contribution in [2.24, 2.45) is 0 Å². The summed E-state index contributed by atoms with van der Waals surface area (Å²) in [5, 5.41) is 4.57. The van der Waals surface area contributed by atoms with E-state index in [1.165, 1.54) is 11.1 Å². The summed E-state index contributed by atoms with van der Waals surface area (Å²) in [5.41, 5.74) is 4.67. The van der Waals surface area contributed by atoms with E-state index in [4.69, 9.17) is 0 Å². The van der Waals surface area contributed by atoms with E-state index >= 15 is 0 Å². The van der Waals surface area contributed by atoms with E-state index in [1.807, 2.05) is 22.6 Å². The maximum absolute atomic E-state index is 12.9. The van der Waals surface area contributed by atoms with Crippen LogP contribution in [0.4, 0.5) is 0 Å². The summed E-state index contributed by atoms with van der Waals surface area (Å²) >= 11 is 0. The van der Waals surface area contributed by atoms with Crippen molar-refractivity contribution in [1.29, 1.82) is 0 Å². The minimum atomic E-state index is 0.155. The Bertz CT molecular complexity index is 738. The number of likely N-dealkylation sites (N-methyl/N-ethyl adjacent to an activating group) is 1. The molecule has 2 heterocycles. The molecule has 3 rings (SSSR count). The Hall–Kier alpha value is -2.14. The van der Waals surface area contributed by atoms with Crippen molar-refractivity contribution in [1.82, 2.24) is 19.6 Å². The Labute approximate surface area is 150 Å². The first kappa shape index (κ1) is 17.7. The highest BCUT2D eigenvalue weighted by Crippen LogP contribution is 2.24. The maximum atomic E-state index is 12.9. The topological polar surface area (TPSA) is 41.4 Å². The first-order valence-corrected chi connectivity index (χ1v) is 9.07. The zero-order valence-corrected chi connectivity index (χ0v) is 15.7. The Kier molecular flexibility index (Phi) is 5.23. The summed E-state index contributed by atoms with van der Waals surface area (Å²) in [6.07, 6.45) is 0.955. The molecular weight excluding hydrogens is 312 g/mol. The summed E-state index contributed by atoms with van der Waals surface area (Å²) in [7, 11) is 2.13. The third-order valence-electron chi connectivity index (χ3n) is 5.35. The van der Waals surface area contributed by atoms with Gasteiger partial charge in [-0.3, -0.25) is 14.4 Å². The van der Waals surface area contributed by atoms with E-state index in [0.717, 1.165) is 37.4 Å². The SMILES string of the molecule is CCc1c(C)nn(CC(=O)N2CCN(C)[C@H](c3ccccc3)C2)c1C. The lowest BCUT2D eigenvalue weighted by Crippen LogP contribution is -2.49. The van der Waals surface area contributed by atoms with E-state index in [9.17, 15) is 4.79 Å². The molecule has 0 bridgehead atoms. The second-order valence-electron chi connectivity index (χ2n) is 6.91. The third kappa shape index (κ3) is 3.61. The number of hydrogen-bond acceptors (Lipinski definition) is 3. The molecule has 0 unspecified atom stereocenters. The number of benzene rings is 1. The first-order valence-electron chi connectivity index (χ1n) is 9.07. The normalized spacial score (nSPS) is 18.6. The summed E-state index contributed by atoms with van der Waals surface area (Å²) < 4.78 is 1.87. The zero-order chi connectivity index (χ0) is 18.0. The monoisotopic (exact) mass is 340 g/mol. The van der Waals surface area contributed by atoms with Gasteiger partial charge in [-0.05, 0) is 38.4 Å². The van der Waals surface area contributed by atoms with Crippen LogP contribution in [0, 0.1) is 13.8 Å². The molecule has 25 heavy (non-hydrogen) atoms. The van der Waals surface area contributed by atoms with Gasteiger partial charge in [-0.25, -0.2) is 0 Å². The van der Waals surface area contributed by atoms with Crippen LogP contribution in [0.25, 0.3) is 0 Å². The molecule has 1 aliphatic heterocycles. The molecule has 1 saturated heterocycles. The number of piperazine rings is 1. The second kappa shape index (κ2) is 7.40. The fourth-order valence-corrected chi connectivity index (χ4v) is 3.76. The van der Waals surface area contributed by atoms with Crippen LogP contribution >= 0.6 is 0 Å². The van der Waals surface area contributed by atoms with Gasteiger partial charge in [0.15, 0.2) is 0 Å². The van der Waals surface area contributed by atoms with Gasteiger partial charge >= 0.3 is 0 Å². The summed E-state index contributed by atoms with van der Waals surface area (Å²) in [6.45, 7) is 8.95. The molecule has 134 valence electrons. The molecule has 1 aliphatic rings. The van der Waals surface area contributed by atoms with Crippen molar-refractivity contribution in [2.75, 3.05) is 26.7 Å². The molecule has 1 aromatic carbocycles. The highest BCUT2D eigenvalue weighted by Gasteiger charge is 2.28. The number of carbonyl (C=O) groups is 1. The van der Waals surface area contributed by atoms with Crippen molar-refractivity contribution < 1.29 is 4.79 Å². The highest BCUT2D eigenvalue weighted by atomic mass is 16.2. The van der Waals surface area contributed by atoms with Crippen molar-refractivity contribution in [3.05, 3.63) is 52.8 Å². The Morgan fingerprint density at radius 2 is 1.92 bits per heavy atom. The van der Waals surface area contributed by atoms with E-state index < -0.39 is 0 Å². The minimum Gasteiger partial charge on any atom is -0.338 e. The van der Waals surface area contributed by atoms with Gasteiger partial charge in [0.1, 0.15) is 6.54 Å². The van der Waals surface area contributed by atoms with Gasteiger partial charge < -0.3 is 4.90 Å². The number of rotatable bonds is 4. The van der Waals surface area contributed by atoms with Crippen molar-refractivity contribution >= 4 is 5.91 Å². The highest BCUT2D eigenvalue weighted by molar-refractivity contribution is 5.76. The van der Waals surface area contributed by atoms with E-state index in [1.54, 1.807) is 0 Å². The van der Waals surface area contributed by atoms with E-state index in [2.05, 4.69) is 55.2 Å². The lowest BCUT2D eigenvalue weighted by molar-refractivity contribution is -0.134. The lowest BCUT2D eigenvalue weighted by Gasteiger charge is -2.39. The van der Waals surface area contributed by atoms with E-state index in [0.29, 0.717) is 6.54 Å². The largest absolute Gasteiger partial charge is 0.338 e. The molecule has 2 aromatic rings. The molecule has 5 heteroatoms. The molecule has 1 amide bonds. The number of aryl methyl sites for hydroxylation is 1. The van der Waals surface area contributed by atoms with Gasteiger partial charge in [0.2, 0.25) is 5.91 Å². The lowest BCUT2D eigenvalue weighted by atomic mass is 10.0. The predicted octanol–water partition coefficient (Wildman–Crippen LogP) is 2.58. The smallest absolute Gasteiger partial charge is 0.244 e. The van der Waals surface area contributed by atoms with Crippen molar-refractivity contribution in [3.8, 4) is 0 Å². The van der Waals surface area contributed by atoms with E-state index in [-0.39, 0.29) is 11.9 Å². The predicted molar refractivity (Wildman–Crippen MR) is 99.5 cm³/mol. The van der Waals surface area contributed by atoms with Crippen LogP contribution < -0.4 is 0 Å². The molecule has 1 atom stereocenters. The fourth-order valence-electron chi connectivity index (χ4n) is 3.76. The molecule has 0 saturated carbocycles. The van der Waals surface area contributed by atoms with Gasteiger partial charge in [-0.15, -0.1) is 0 Å². The molecule has 0 radical (unpaired) electrons. The van der Waals surface area contributed by atoms with Gasteiger partial charge in [0, 0.05) is 25.3 Å². The van der Waals surface area contributed by atoms with Gasteiger partial charge in [-0.1, -0.05) is 37.3 Å². The molecule has 1 aromatic heterocycles.